The van der Waals surface area contributed by atoms with Gasteiger partial charge in [0.05, 0.1) is 7.11 Å². The molecule has 0 amide bonds. The van der Waals surface area contributed by atoms with Crippen LogP contribution in [0.15, 0.2) is 24.3 Å². The van der Waals surface area contributed by atoms with Gasteiger partial charge in [-0.3, -0.25) is 0 Å². The first-order chi connectivity index (χ1) is 8.78. The van der Waals surface area contributed by atoms with Crippen LogP contribution < -0.4 is 15.4 Å². The SMILES string of the molecule is COc1ccc(CNCC2CN(C)CCN2)cc1. The minimum Gasteiger partial charge on any atom is -0.497 e. The highest BCUT2D eigenvalue weighted by Crippen LogP contribution is 2.10. The van der Waals surface area contributed by atoms with Crippen LogP contribution in [0.3, 0.4) is 0 Å². The maximum atomic E-state index is 5.14. The standard InChI is InChI=1S/C14H23N3O/c1-17-8-7-16-13(11-17)10-15-9-12-3-5-14(18-2)6-4-12/h3-6,13,15-16H,7-11H2,1-2H3. The number of rotatable bonds is 5. The van der Waals surface area contributed by atoms with Gasteiger partial charge in [0, 0.05) is 38.8 Å². The number of benzene rings is 1. The van der Waals surface area contributed by atoms with Gasteiger partial charge in [0.2, 0.25) is 0 Å². The molecule has 1 aromatic rings. The fourth-order valence-electron chi connectivity index (χ4n) is 2.26. The molecule has 1 aliphatic heterocycles. The molecule has 1 saturated heterocycles. The molecule has 0 radical (unpaired) electrons. The Labute approximate surface area is 109 Å². The molecule has 1 aromatic carbocycles. The summed E-state index contributed by atoms with van der Waals surface area (Å²) in [5.74, 6) is 0.911. The van der Waals surface area contributed by atoms with E-state index in [4.69, 9.17) is 4.74 Å². The monoisotopic (exact) mass is 249 g/mol. The summed E-state index contributed by atoms with van der Waals surface area (Å²) in [6.07, 6.45) is 0. The van der Waals surface area contributed by atoms with Crippen LogP contribution in [0.2, 0.25) is 0 Å². The molecule has 0 aliphatic carbocycles. The van der Waals surface area contributed by atoms with Crippen LogP contribution in [0, 0.1) is 0 Å². The van der Waals surface area contributed by atoms with Gasteiger partial charge in [0.15, 0.2) is 0 Å². The van der Waals surface area contributed by atoms with Crippen molar-refractivity contribution >= 4 is 0 Å². The van der Waals surface area contributed by atoms with E-state index >= 15 is 0 Å². The van der Waals surface area contributed by atoms with Gasteiger partial charge < -0.3 is 20.3 Å². The molecule has 100 valence electrons. The summed E-state index contributed by atoms with van der Waals surface area (Å²) in [6, 6.07) is 8.77. The summed E-state index contributed by atoms with van der Waals surface area (Å²) in [6.45, 7) is 5.28. The van der Waals surface area contributed by atoms with Crippen molar-refractivity contribution in [1.29, 1.82) is 0 Å². The van der Waals surface area contributed by atoms with Crippen molar-refractivity contribution in [3.8, 4) is 5.75 Å². The van der Waals surface area contributed by atoms with Gasteiger partial charge in [0.25, 0.3) is 0 Å². The van der Waals surface area contributed by atoms with Crippen LogP contribution >= 0.6 is 0 Å². The van der Waals surface area contributed by atoms with Crippen molar-refractivity contribution in [3.05, 3.63) is 29.8 Å². The lowest BCUT2D eigenvalue weighted by atomic mass is 10.2. The molecule has 0 saturated carbocycles. The molecule has 4 heteroatoms. The van der Waals surface area contributed by atoms with Crippen LogP contribution in [-0.4, -0.2) is 51.3 Å². The first-order valence-electron chi connectivity index (χ1n) is 6.53. The molecule has 1 atom stereocenters. The Balaban J connectivity index is 1.70. The lowest BCUT2D eigenvalue weighted by Crippen LogP contribution is -2.52. The predicted octanol–water partition coefficient (Wildman–Crippen LogP) is 0.688. The molecule has 1 heterocycles. The van der Waals surface area contributed by atoms with Crippen LogP contribution in [0.4, 0.5) is 0 Å². The smallest absolute Gasteiger partial charge is 0.118 e. The van der Waals surface area contributed by atoms with Crippen LogP contribution in [0.5, 0.6) is 5.75 Å². The van der Waals surface area contributed by atoms with E-state index in [0.717, 1.165) is 38.5 Å². The molecule has 1 unspecified atom stereocenters. The van der Waals surface area contributed by atoms with Gasteiger partial charge in [-0.25, -0.2) is 0 Å². The average molecular weight is 249 g/mol. The molecule has 1 fully saturated rings. The zero-order valence-electron chi connectivity index (χ0n) is 11.3. The van der Waals surface area contributed by atoms with Crippen molar-refractivity contribution in [1.82, 2.24) is 15.5 Å². The minimum atomic E-state index is 0.557. The van der Waals surface area contributed by atoms with Crippen LogP contribution in [0.1, 0.15) is 5.56 Å². The third-order valence-corrected chi connectivity index (χ3v) is 3.34. The third-order valence-electron chi connectivity index (χ3n) is 3.34. The zero-order chi connectivity index (χ0) is 12.8. The van der Waals surface area contributed by atoms with Gasteiger partial charge >= 0.3 is 0 Å². The number of piperazine rings is 1. The Kier molecular flexibility index (Phi) is 4.99. The highest BCUT2D eigenvalue weighted by molar-refractivity contribution is 5.26. The summed E-state index contributed by atoms with van der Waals surface area (Å²) in [4.78, 5) is 2.37. The van der Waals surface area contributed by atoms with Gasteiger partial charge in [-0.15, -0.1) is 0 Å². The Morgan fingerprint density at radius 1 is 1.39 bits per heavy atom. The number of hydrogen-bond donors (Lipinski definition) is 2. The first kappa shape index (κ1) is 13.3. The van der Waals surface area contributed by atoms with Gasteiger partial charge in [0.1, 0.15) is 5.75 Å². The van der Waals surface area contributed by atoms with E-state index in [1.807, 2.05) is 12.1 Å². The summed E-state index contributed by atoms with van der Waals surface area (Å²) < 4.78 is 5.14. The summed E-state index contributed by atoms with van der Waals surface area (Å²) in [5.41, 5.74) is 1.29. The minimum absolute atomic E-state index is 0.557. The van der Waals surface area contributed by atoms with Crippen LogP contribution in [0.25, 0.3) is 0 Å². The topological polar surface area (TPSA) is 36.5 Å². The summed E-state index contributed by atoms with van der Waals surface area (Å²) in [7, 11) is 3.87. The second-order valence-corrected chi connectivity index (χ2v) is 4.89. The molecule has 2 rings (SSSR count). The molecule has 0 bridgehead atoms. The molecule has 2 N–H and O–H groups in total. The maximum absolute atomic E-state index is 5.14. The highest BCUT2D eigenvalue weighted by atomic mass is 16.5. The first-order valence-corrected chi connectivity index (χ1v) is 6.53. The quantitative estimate of drug-likeness (QED) is 0.805. The molecular weight excluding hydrogens is 226 g/mol. The van der Waals surface area contributed by atoms with Crippen molar-refractivity contribution < 1.29 is 4.74 Å². The van der Waals surface area contributed by atoms with Crippen molar-refractivity contribution in [3.63, 3.8) is 0 Å². The second kappa shape index (κ2) is 6.73. The van der Waals surface area contributed by atoms with Crippen molar-refractivity contribution in [2.75, 3.05) is 40.3 Å². The number of nitrogens with zero attached hydrogens (tertiary/aromatic N) is 1. The number of hydrogen-bond acceptors (Lipinski definition) is 4. The lowest BCUT2D eigenvalue weighted by molar-refractivity contribution is 0.235. The molecule has 0 aromatic heterocycles. The van der Waals surface area contributed by atoms with E-state index < -0.39 is 0 Å². The molecule has 1 aliphatic rings. The van der Waals surface area contributed by atoms with Gasteiger partial charge in [-0.1, -0.05) is 12.1 Å². The predicted molar refractivity (Wildman–Crippen MR) is 74.0 cm³/mol. The van der Waals surface area contributed by atoms with Crippen LogP contribution in [-0.2, 0) is 6.54 Å². The molecule has 4 nitrogen and oxygen atoms in total. The Morgan fingerprint density at radius 2 is 2.17 bits per heavy atom. The number of nitrogens with one attached hydrogen (secondary N) is 2. The molecule has 0 spiro atoms. The third kappa shape index (κ3) is 3.98. The van der Waals surface area contributed by atoms with Crippen molar-refractivity contribution in [2.45, 2.75) is 12.6 Å². The van der Waals surface area contributed by atoms with E-state index in [1.165, 1.54) is 5.56 Å². The Bertz CT molecular complexity index is 353. The van der Waals surface area contributed by atoms with Crippen molar-refractivity contribution in [2.24, 2.45) is 0 Å². The largest absolute Gasteiger partial charge is 0.497 e. The normalized spacial score (nSPS) is 20.9. The van der Waals surface area contributed by atoms with E-state index in [9.17, 15) is 0 Å². The lowest BCUT2D eigenvalue weighted by Gasteiger charge is -2.31. The fourth-order valence-corrected chi connectivity index (χ4v) is 2.26. The number of ether oxygens (including phenoxy) is 1. The average Bonchev–Trinajstić information content (AvgIpc) is 2.40. The Morgan fingerprint density at radius 3 is 2.83 bits per heavy atom. The van der Waals surface area contributed by atoms with E-state index in [2.05, 4.69) is 34.7 Å². The highest BCUT2D eigenvalue weighted by Gasteiger charge is 2.15. The summed E-state index contributed by atoms with van der Waals surface area (Å²) in [5, 5.41) is 7.03. The molecular formula is C14H23N3O. The fraction of sp³-hybridized carbons (Fsp3) is 0.571. The van der Waals surface area contributed by atoms with E-state index in [0.29, 0.717) is 6.04 Å². The maximum Gasteiger partial charge on any atom is 0.118 e. The van der Waals surface area contributed by atoms with E-state index in [-0.39, 0.29) is 0 Å². The number of likely N-dealkylation sites (N-methyl/N-ethyl adjacent to an activating group) is 1. The molecule has 18 heavy (non-hydrogen) atoms. The number of methoxy groups -OCH3 is 1. The zero-order valence-corrected chi connectivity index (χ0v) is 11.3. The van der Waals surface area contributed by atoms with E-state index in [1.54, 1.807) is 7.11 Å². The van der Waals surface area contributed by atoms with Gasteiger partial charge in [-0.05, 0) is 24.7 Å². The summed E-state index contributed by atoms with van der Waals surface area (Å²) >= 11 is 0. The second-order valence-electron chi connectivity index (χ2n) is 4.89. The Hall–Kier alpha value is -1.10. The van der Waals surface area contributed by atoms with Gasteiger partial charge in [-0.2, -0.15) is 0 Å².